The second-order valence-corrected chi connectivity index (χ2v) is 8.69. The maximum absolute atomic E-state index is 13.4. The molecule has 1 N–H and O–H groups in total. The highest BCUT2D eigenvalue weighted by molar-refractivity contribution is 7.99. The summed E-state index contributed by atoms with van der Waals surface area (Å²) in [6.45, 7) is 0.0630. The Hall–Kier alpha value is -2.06. The fraction of sp³-hybridized carbons (Fsp3) is 0.278. The minimum Gasteiger partial charge on any atom is -0.354 e. The molecule has 0 bridgehead atoms. The maximum atomic E-state index is 13.4. The van der Waals surface area contributed by atoms with E-state index in [-0.39, 0.29) is 12.2 Å². The normalized spacial score (nSPS) is 11.2. The number of nitrogens with zero attached hydrogens (tertiary/aromatic N) is 1. The molecule has 2 aromatic carbocycles. The first-order chi connectivity index (χ1) is 12.4. The van der Waals surface area contributed by atoms with E-state index in [1.54, 1.807) is 11.8 Å². The number of amides is 1. The second-order valence-electron chi connectivity index (χ2n) is 5.61. The lowest BCUT2D eigenvalue weighted by Gasteiger charge is -2.21. The van der Waals surface area contributed by atoms with Crippen molar-refractivity contribution in [3.8, 4) is 0 Å². The first-order valence-corrected chi connectivity index (χ1v) is 10.9. The molecule has 2 aromatic rings. The Kier molecular flexibility index (Phi) is 7.47. The van der Waals surface area contributed by atoms with Gasteiger partial charge in [0.05, 0.1) is 11.9 Å². The predicted molar refractivity (Wildman–Crippen MR) is 103 cm³/mol. The van der Waals surface area contributed by atoms with E-state index in [1.807, 2.05) is 30.3 Å². The van der Waals surface area contributed by atoms with Crippen molar-refractivity contribution in [2.45, 2.75) is 11.3 Å². The van der Waals surface area contributed by atoms with Gasteiger partial charge < -0.3 is 5.32 Å². The SMILES string of the molecule is CS(=O)(=O)N(CC(=O)NCCCSc1ccccc1)c1cccc(F)c1. The van der Waals surface area contributed by atoms with E-state index in [4.69, 9.17) is 0 Å². The van der Waals surface area contributed by atoms with Crippen molar-refractivity contribution in [1.82, 2.24) is 5.32 Å². The highest BCUT2D eigenvalue weighted by Gasteiger charge is 2.20. The predicted octanol–water partition coefficient (Wildman–Crippen LogP) is 2.89. The number of carbonyl (C=O) groups excluding carboxylic acids is 1. The van der Waals surface area contributed by atoms with Crippen LogP contribution in [0, 0.1) is 5.82 Å². The molecule has 0 atom stereocenters. The number of anilines is 1. The quantitative estimate of drug-likeness (QED) is 0.523. The molecule has 0 unspecified atom stereocenters. The van der Waals surface area contributed by atoms with Crippen LogP contribution in [0.15, 0.2) is 59.5 Å². The van der Waals surface area contributed by atoms with Gasteiger partial charge in [0, 0.05) is 11.4 Å². The van der Waals surface area contributed by atoms with Crippen molar-refractivity contribution in [3.63, 3.8) is 0 Å². The molecule has 0 heterocycles. The molecule has 0 aliphatic rings. The Morgan fingerprint density at radius 2 is 1.88 bits per heavy atom. The minimum atomic E-state index is -3.70. The zero-order chi connectivity index (χ0) is 19.0. The Morgan fingerprint density at radius 1 is 1.15 bits per heavy atom. The van der Waals surface area contributed by atoms with E-state index in [0.717, 1.165) is 33.7 Å². The van der Waals surface area contributed by atoms with Crippen molar-refractivity contribution < 1.29 is 17.6 Å². The lowest BCUT2D eigenvalue weighted by atomic mass is 10.3. The molecule has 0 aliphatic heterocycles. The number of benzene rings is 2. The van der Waals surface area contributed by atoms with Gasteiger partial charge in [-0.1, -0.05) is 24.3 Å². The summed E-state index contributed by atoms with van der Waals surface area (Å²) in [5.41, 5.74) is 0.127. The number of hydrogen-bond donors (Lipinski definition) is 1. The van der Waals surface area contributed by atoms with Gasteiger partial charge in [0.1, 0.15) is 12.4 Å². The van der Waals surface area contributed by atoms with Crippen molar-refractivity contribution in [1.29, 1.82) is 0 Å². The van der Waals surface area contributed by atoms with Crippen LogP contribution in [-0.4, -0.2) is 39.4 Å². The molecule has 0 saturated heterocycles. The number of halogens is 1. The summed E-state index contributed by atoms with van der Waals surface area (Å²) in [6.07, 6.45) is 1.74. The topological polar surface area (TPSA) is 66.5 Å². The van der Waals surface area contributed by atoms with E-state index in [2.05, 4.69) is 5.32 Å². The molecule has 0 spiro atoms. The number of hydrogen-bond acceptors (Lipinski definition) is 4. The third-order valence-electron chi connectivity index (χ3n) is 3.44. The Bertz CT molecular complexity index is 829. The third-order valence-corrected chi connectivity index (χ3v) is 5.68. The van der Waals surface area contributed by atoms with Gasteiger partial charge in [-0.3, -0.25) is 9.10 Å². The van der Waals surface area contributed by atoms with Gasteiger partial charge in [0.25, 0.3) is 0 Å². The first-order valence-electron chi connectivity index (χ1n) is 8.04. The second kappa shape index (κ2) is 9.59. The van der Waals surface area contributed by atoms with Crippen LogP contribution in [0.4, 0.5) is 10.1 Å². The monoisotopic (exact) mass is 396 g/mol. The molecule has 2 rings (SSSR count). The average Bonchev–Trinajstić information content (AvgIpc) is 2.59. The minimum absolute atomic E-state index is 0.127. The van der Waals surface area contributed by atoms with Crippen molar-refractivity contribution in [2.75, 3.05) is 29.4 Å². The summed E-state index contributed by atoms with van der Waals surface area (Å²) in [5.74, 6) is -0.150. The molecule has 0 aliphatic carbocycles. The Labute approximate surface area is 157 Å². The van der Waals surface area contributed by atoms with Crippen LogP contribution in [0.25, 0.3) is 0 Å². The summed E-state index contributed by atoms with van der Waals surface area (Å²) in [5, 5.41) is 2.70. The van der Waals surface area contributed by atoms with Crippen LogP contribution in [0.5, 0.6) is 0 Å². The molecule has 140 valence electrons. The zero-order valence-corrected chi connectivity index (χ0v) is 16.0. The molecular formula is C18H21FN2O3S2. The Balaban J connectivity index is 1.82. The lowest BCUT2D eigenvalue weighted by molar-refractivity contribution is -0.119. The fourth-order valence-electron chi connectivity index (χ4n) is 2.22. The lowest BCUT2D eigenvalue weighted by Crippen LogP contribution is -2.40. The fourth-order valence-corrected chi connectivity index (χ4v) is 3.95. The van der Waals surface area contributed by atoms with Crippen LogP contribution in [-0.2, 0) is 14.8 Å². The molecule has 26 heavy (non-hydrogen) atoms. The smallest absolute Gasteiger partial charge is 0.240 e. The molecule has 0 aromatic heterocycles. The van der Waals surface area contributed by atoms with Crippen LogP contribution in [0.1, 0.15) is 6.42 Å². The summed E-state index contributed by atoms with van der Waals surface area (Å²) in [6, 6.07) is 15.1. The summed E-state index contributed by atoms with van der Waals surface area (Å²) < 4.78 is 38.1. The molecule has 0 saturated carbocycles. The molecule has 0 fully saturated rings. The molecule has 8 heteroatoms. The van der Waals surface area contributed by atoms with Gasteiger partial charge in [0.2, 0.25) is 15.9 Å². The first kappa shape index (κ1) is 20.3. The molecule has 1 amide bonds. The average molecular weight is 397 g/mol. The van der Waals surface area contributed by atoms with E-state index in [1.165, 1.54) is 18.2 Å². The van der Waals surface area contributed by atoms with E-state index >= 15 is 0 Å². The van der Waals surface area contributed by atoms with E-state index < -0.39 is 21.7 Å². The number of sulfonamides is 1. The van der Waals surface area contributed by atoms with E-state index in [9.17, 15) is 17.6 Å². The highest BCUT2D eigenvalue weighted by Crippen LogP contribution is 2.19. The van der Waals surface area contributed by atoms with Crippen LogP contribution in [0.3, 0.4) is 0 Å². The van der Waals surface area contributed by atoms with Gasteiger partial charge in [0.15, 0.2) is 0 Å². The van der Waals surface area contributed by atoms with E-state index in [0.29, 0.717) is 6.54 Å². The number of rotatable bonds is 9. The summed E-state index contributed by atoms with van der Waals surface area (Å²) in [4.78, 5) is 13.2. The molecular weight excluding hydrogens is 375 g/mol. The largest absolute Gasteiger partial charge is 0.354 e. The van der Waals surface area contributed by atoms with Gasteiger partial charge >= 0.3 is 0 Å². The highest BCUT2D eigenvalue weighted by atomic mass is 32.2. The van der Waals surface area contributed by atoms with Gasteiger partial charge in [-0.15, -0.1) is 11.8 Å². The molecule has 5 nitrogen and oxygen atoms in total. The van der Waals surface area contributed by atoms with Gasteiger partial charge in [-0.05, 0) is 42.5 Å². The number of nitrogens with one attached hydrogen (secondary N) is 1. The summed E-state index contributed by atoms with van der Waals surface area (Å²) >= 11 is 1.69. The van der Waals surface area contributed by atoms with Crippen molar-refractivity contribution in [2.24, 2.45) is 0 Å². The van der Waals surface area contributed by atoms with Crippen LogP contribution >= 0.6 is 11.8 Å². The summed E-state index contributed by atoms with van der Waals surface area (Å²) in [7, 11) is -3.70. The molecule has 0 radical (unpaired) electrons. The zero-order valence-electron chi connectivity index (χ0n) is 14.4. The van der Waals surface area contributed by atoms with Gasteiger partial charge in [-0.2, -0.15) is 0 Å². The third kappa shape index (κ3) is 6.68. The van der Waals surface area contributed by atoms with Crippen molar-refractivity contribution in [3.05, 3.63) is 60.4 Å². The van der Waals surface area contributed by atoms with Crippen molar-refractivity contribution >= 4 is 33.4 Å². The maximum Gasteiger partial charge on any atom is 0.240 e. The Morgan fingerprint density at radius 3 is 2.54 bits per heavy atom. The van der Waals surface area contributed by atoms with Crippen LogP contribution in [0.2, 0.25) is 0 Å². The van der Waals surface area contributed by atoms with Crippen LogP contribution < -0.4 is 9.62 Å². The van der Waals surface area contributed by atoms with Gasteiger partial charge in [-0.25, -0.2) is 12.8 Å². The number of thioether (sulfide) groups is 1. The standard InChI is InChI=1S/C18H21FN2O3S2/c1-26(23,24)21(16-8-5-7-15(19)13-16)14-18(22)20-11-6-12-25-17-9-3-2-4-10-17/h2-5,7-10,13H,6,11-12,14H2,1H3,(H,20,22). The number of carbonyl (C=O) groups is 1.